The lowest BCUT2D eigenvalue weighted by atomic mass is 10.0. The maximum Gasteiger partial charge on any atom is 0.257 e. The Hall–Kier alpha value is -3.46. The number of hydrogen-bond acceptors (Lipinski definition) is 4. The third-order valence-corrected chi connectivity index (χ3v) is 8.04. The molecule has 0 radical (unpaired) electrons. The van der Waals surface area contributed by atoms with Crippen molar-refractivity contribution in [3.8, 4) is 0 Å². The van der Waals surface area contributed by atoms with E-state index in [1.165, 1.54) is 21.9 Å². The van der Waals surface area contributed by atoms with Gasteiger partial charge in [-0.25, -0.2) is 4.39 Å². The van der Waals surface area contributed by atoms with Crippen LogP contribution >= 0.6 is 11.6 Å². The maximum absolute atomic E-state index is 14.7. The molecule has 0 saturated carbocycles. The molecule has 40 heavy (non-hydrogen) atoms. The van der Waals surface area contributed by atoms with Gasteiger partial charge in [-0.1, -0.05) is 37.6 Å². The third-order valence-electron chi connectivity index (χ3n) is 7.63. The van der Waals surface area contributed by atoms with Gasteiger partial charge in [-0.3, -0.25) is 19.2 Å². The highest BCUT2D eigenvalue weighted by molar-refractivity contribution is 6.31. The van der Waals surface area contributed by atoms with E-state index < -0.39 is 23.8 Å². The van der Waals surface area contributed by atoms with Crippen molar-refractivity contribution in [2.45, 2.75) is 58.5 Å². The van der Waals surface area contributed by atoms with Gasteiger partial charge in [0.25, 0.3) is 11.8 Å². The van der Waals surface area contributed by atoms with Gasteiger partial charge in [-0.05, 0) is 73.9 Å². The average molecular weight is 571 g/mol. The highest BCUT2D eigenvalue weighted by Crippen LogP contribution is 2.24. The number of hydrogen-bond donors (Lipinski definition) is 2. The van der Waals surface area contributed by atoms with E-state index in [0.29, 0.717) is 49.4 Å². The zero-order valence-corrected chi connectivity index (χ0v) is 23.9. The summed E-state index contributed by atoms with van der Waals surface area (Å²) < 4.78 is 14.7. The molecule has 1 saturated heterocycles. The van der Waals surface area contributed by atoms with Crippen LogP contribution in [0.1, 0.15) is 65.0 Å². The van der Waals surface area contributed by atoms with Crippen LogP contribution in [0, 0.1) is 18.7 Å². The van der Waals surface area contributed by atoms with E-state index in [0.717, 1.165) is 11.1 Å². The number of aryl methyl sites for hydroxylation is 2. The lowest BCUT2D eigenvalue weighted by Crippen LogP contribution is -2.54. The molecule has 0 aromatic heterocycles. The fourth-order valence-corrected chi connectivity index (χ4v) is 5.33. The van der Waals surface area contributed by atoms with Crippen LogP contribution in [0.15, 0.2) is 36.4 Å². The Bertz CT molecular complexity index is 1300. The van der Waals surface area contributed by atoms with Crippen molar-refractivity contribution in [3.63, 3.8) is 0 Å². The number of carbonyl (C=O) groups excluding carboxylic acids is 4. The van der Waals surface area contributed by atoms with E-state index in [1.807, 2.05) is 20.8 Å². The normalized spacial score (nSPS) is 21.1. The van der Waals surface area contributed by atoms with Gasteiger partial charge in [0.2, 0.25) is 11.8 Å². The van der Waals surface area contributed by atoms with E-state index in [1.54, 1.807) is 24.3 Å². The fourth-order valence-electron chi connectivity index (χ4n) is 5.15. The van der Waals surface area contributed by atoms with Crippen molar-refractivity contribution in [2.24, 2.45) is 5.92 Å². The van der Waals surface area contributed by atoms with Crippen LogP contribution in [0.3, 0.4) is 0 Å². The molecule has 2 aliphatic heterocycles. The summed E-state index contributed by atoms with van der Waals surface area (Å²) in [6.45, 7) is 6.25. The average Bonchev–Trinajstić information content (AvgIpc) is 3.41. The second kappa shape index (κ2) is 12.8. The van der Waals surface area contributed by atoms with Gasteiger partial charge in [-0.15, -0.1) is 0 Å². The molecule has 4 amide bonds. The summed E-state index contributed by atoms with van der Waals surface area (Å²) in [5.74, 6) is -2.30. The SMILES string of the molecule is Cc1ccc(C(=O)N2CC(=O)NCCCc3ccc(F)c(c3)C(=O)N3CCC[C@H]3C(=O)N[C@H](C(C)C)C2)cc1Cl. The molecule has 10 heteroatoms. The number of benzene rings is 2. The Labute approximate surface area is 239 Å². The molecule has 214 valence electrons. The lowest BCUT2D eigenvalue weighted by molar-refractivity contribution is -0.126. The summed E-state index contributed by atoms with van der Waals surface area (Å²) in [5.41, 5.74) is 1.88. The molecule has 4 rings (SSSR count). The van der Waals surface area contributed by atoms with Crippen LogP contribution in [0.25, 0.3) is 0 Å². The minimum absolute atomic E-state index is 0.0560. The van der Waals surface area contributed by atoms with Crippen molar-refractivity contribution in [1.29, 1.82) is 0 Å². The first-order chi connectivity index (χ1) is 19.0. The zero-order chi connectivity index (χ0) is 29.0. The van der Waals surface area contributed by atoms with Gasteiger partial charge in [0.1, 0.15) is 11.9 Å². The van der Waals surface area contributed by atoms with Gasteiger partial charge in [-0.2, -0.15) is 0 Å². The van der Waals surface area contributed by atoms with Gasteiger partial charge in [0.05, 0.1) is 12.1 Å². The molecule has 0 aliphatic carbocycles. The molecule has 2 bridgehead atoms. The monoisotopic (exact) mass is 570 g/mol. The molecular weight excluding hydrogens is 535 g/mol. The standard InChI is InChI=1S/C30H36ClFN4O4/c1-18(2)25-16-35(29(39)21-10-8-19(3)23(31)15-21)17-27(37)33-12-4-6-20-9-11-24(32)22(14-20)30(40)36-13-5-7-26(36)28(38)34-25/h8-11,14-15,18,25-26H,4-7,12-13,16-17H2,1-3H3,(H,33,37)(H,34,38)/t25-,26-/m0/s1. The molecule has 2 aliphatic rings. The van der Waals surface area contributed by atoms with Crippen LogP contribution in [0.5, 0.6) is 0 Å². The topological polar surface area (TPSA) is 98.8 Å². The summed E-state index contributed by atoms with van der Waals surface area (Å²) in [5, 5.41) is 6.31. The molecule has 2 N–H and O–H groups in total. The smallest absolute Gasteiger partial charge is 0.257 e. The molecule has 1 fully saturated rings. The van der Waals surface area contributed by atoms with E-state index in [-0.39, 0.29) is 42.3 Å². The highest BCUT2D eigenvalue weighted by atomic mass is 35.5. The first kappa shape index (κ1) is 29.5. The molecule has 2 aromatic rings. The molecule has 0 spiro atoms. The van der Waals surface area contributed by atoms with Crippen LogP contribution in [0.2, 0.25) is 5.02 Å². The van der Waals surface area contributed by atoms with E-state index in [2.05, 4.69) is 10.6 Å². The van der Waals surface area contributed by atoms with Crippen molar-refractivity contribution in [2.75, 3.05) is 26.2 Å². The van der Waals surface area contributed by atoms with Gasteiger partial charge < -0.3 is 20.4 Å². The molecule has 2 aromatic carbocycles. The number of rotatable bonds is 2. The predicted molar refractivity (Wildman–Crippen MR) is 151 cm³/mol. The molecular formula is C30H36ClFN4O4. The minimum Gasteiger partial charge on any atom is -0.355 e. The second-order valence-electron chi connectivity index (χ2n) is 10.9. The van der Waals surface area contributed by atoms with E-state index >= 15 is 0 Å². The largest absolute Gasteiger partial charge is 0.355 e. The number of carbonyl (C=O) groups is 4. The van der Waals surface area contributed by atoms with Gasteiger partial charge in [0.15, 0.2) is 0 Å². The first-order valence-electron chi connectivity index (χ1n) is 13.8. The summed E-state index contributed by atoms with van der Waals surface area (Å²) >= 11 is 6.28. The van der Waals surface area contributed by atoms with Crippen LogP contribution in [-0.2, 0) is 16.0 Å². The van der Waals surface area contributed by atoms with E-state index in [4.69, 9.17) is 11.6 Å². The second-order valence-corrected chi connectivity index (χ2v) is 11.3. The highest BCUT2D eigenvalue weighted by Gasteiger charge is 2.37. The first-order valence-corrected chi connectivity index (χ1v) is 14.1. The van der Waals surface area contributed by atoms with Crippen LogP contribution < -0.4 is 10.6 Å². The molecule has 2 atom stereocenters. The predicted octanol–water partition coefficient (Wildman–Crippen LogP) is 3.74. The van der Waals surface area contributed by atoms with Crippen molar-refractivity contribution >= 4 is 35.2 Å². The number of nitrogens with zero attached hydrogens (tertiary/aromatic N) is 2. The molecule has 0 unspecified atom stereocenters. The summed E-state index contributed by atoms with van der Waals surface area (Å²) in [6.07, 6.45) is 2.16. The van der Waals surface area contributed by atoms with Crippen molar-refractivity contribution in [3.05, 3.63) is 69.5 Å². The van der Waals surface area contributed by atoms with Crippen molar-refractivity contribution in [1.82, 2.24) is 20.4 Å². The van der Waals surface area contributed by atoms with Gasteiger partial charge >= 0.3 is 0 Å². The number of halogens is 2. The Morgan fingerprint density at radius 2 is 1.88 bits per heavy atom. The molecule has 2 heterocycles. The zero-order valence-electron chi connectivity index (χ0n) is 23.1. The number of amides is 4. The number of fused-ring (bicyclic) bond motifs is 3. The maximum atomic E-state index is 14.7. The van der Waals surface area contributed by atoms with Crippen LogP contribution in [0.4, 0.5) is 4.39 Å². The quantitative estimate of drug-likeness (QED) is 0.575. The lowest BCUT2D eigenvalue weighted by Gasteiger charge is -2.32. The summed E-state index contributed by atoms with van der Waals surface area (Å²) in [6, 6.07) is 8.18. The van der Waals surface area contributed by atoms with Crippen LogP contribution in [-0.4, -0.2) is 71.7 Å². The number of nitrogens with one attached hydrogen (secondary N) is 2. The van der Waals surface area contributed by atoms with Crippen molar-refractivity contribution < 1.29 is 23.6 Å². The Balaban J connectivity index is 1.66. The summed E-state index contributed by atoms with van der Waals surface area (Å²) in [7, 11) is 0. The Morgan fingerprint density at radius 1 is 1.10 bits per heavy atom. The Morgan fingerprint density at radius 3 is 2.60 bits per heavy atom. The fraction of sp³-hybridized carbons (Fsp3) is 0.467. The third kappa shape index (κ3) is 6.81. The van der Waals surface area contributed by atoms with Gasteiger partial charge in [0, 0.05) is 36.3 Å². The Kier molecular flexibility index (Phi) is 9.45. The molecule has 8 nitrogen and oxygen atoms in total. The van der Waals surface area contributed by atoms with E-state index in [9.17, 15) is 23.6 Å². The summed E-state index contributed by atoms with van der Waals surface area (Å²) in [4.78, 5) is 56.3. The minimum atomic E-state index is -0.754.